The summed E-state index contributed by atoms with van der Waals surface area (Å²) in [6.07, 6.45) is -0.246. The molecule has 0 radical (unpaired) electrons. The number of carbonyl (C=O) groups is 18. The predicted octanol–water partition coefficient (Wildman–Crippen LogP) is -7.80. The molecule has 12 N–H and O–H groups in total. The van der Waals surface area contributed by atoms with Crippen LogP contribution < -0.4 is 38.5 Å². The third kappa shape index (κ3) is 37.7. The van der Waals surface area contributed by atoms with Crippen molar-refractivity contribution < 1.29 is 156 Å². The third-order valence-corrected chi connectivity index (χ3v) is 27.3. The van der Waals surface area contributed by atoms with E-state index in [2.05, 4.69) is 21.3 Å². The Hall–Kier alpha value is -13.6. The van der Waals surface area contributed by atoms with Crippen molar-refractivity contribution >= 4 is 176 Å². The number of nitrogens with zero attached hydrogens (tertiary/aromatic N) is 18. The fourth-order valence-corrected chi connectivity index (χ4v) is 17.6. The zero-order valence-corrected chi connectivity index (χ0v) is 81.7. The maximum atomic E-state index is 12.3. The van der Waals surface area contributed by atoms with Crippen LogP contribution in [0.4, 0.5) is 0 Å². The normalized spacial score (nSPS) is 17.0. The summed E-state index contributed by atoms with van der Waals surface area (Å²) in [6, 6.07) is -3.60. The van der Waals surface area contributed by atoms with Crippen LogP contribution in [-0.4, -0.2) is 429 Å². The highest BCUT2D eigenvalue weighted by atomic mass is 32.2. The third-order valence-electron chi connectivity index (χ3n) is 20.9. The van der Waals surface area contributed by atoms with E-state index >= 15 is 0 Å². The number of aliphatic carboxylic acids is 2. The van der Waals surface area contributed by atoms with Crippen LogP contribution in [0.3, 0.4) is 0 Å². The molecule has 1 unspecified atom stereocenters. The van der Waals surface area contributed by atoms with Gasteiger partial charge in [-0.05, 0) is 41.0 Å². The number of nitrogens with one attached hydrogen (secondary N) is 4. The number of nitrogens with two attached hydrogens (primary N) is 3. The molecule has 6 fully saturated rings. The number of nitro groups is 12. The standard InChI is InChI=1S/C17H25N5O10S.C11H16N4O8S.2C11H16N4O7S.2C9H14N4O6S/c1-10(23)13(18)3-2-12(24)4-11(16(28)19-5-15(26)27)6-33-7-14(25)20-8-17(9-20,21(29)30)22(31)32;1-7(10(19)12-2-9(17)18)3-24-4-8(16)13-5-11(6-13,14(20)21)15(22)23;2*1-7(16)9(12-8(2)17)3-23-4-10(18)13-5-11(6-13,14(19)20)15(21)22;2*1-6(14)7(10)2-20-3-8(15)11-4-9(5-11,12(16)17)13(18)19/h11,13H,2-9,18H2,1H3,(H,19,28)(H,26,27);7H,2-6H2,1H3,(H,12,19)(H,17,18);2*9H,3-6H2,1-2H3,(H,12,17);2*7H,2-5,10H2,1H3/t11-,13?;7-;2*9-;2*7-/m000000/s1. The Balaban J connectivity index is 0.000000865. The molecular weight excluding hydrogens is 2060 g/mol. The summed E-state index contributed by atoms with van der Waals surface area (Å²) in [6.45, 7) is 2.53. The topological polar surface area (TPSA) is 1010 Å². The fraction of sp³-hybridized carbons (Fsp3) is 0.735. The van der Waals surface area contributed by atoms with Crippen molar-refractivity contribution in [1.29, 1.82) is 0 Å². The van der Waals surface area contributed by atoms with E-state index in [1.807, 2.05) is 0 Å². The first-order valence-corrected chi connectivity index (χ1v) is 47.6. The lowest BCUT2D eigenvalue weighted by Crippen LogP contribution is -2.71. The lowest BCUT2D eigenvalue weighted by Gasteiger charge is -2.36. The molecule has 6 aliphatic heterocycles. The van der Waals surface area contributed by atoms with Gasteiger partial charge in [0.05, 0.1) is 70.6 Å². The first kappa shape index (κ1) is 127. The highest BCUT2D eigenvalue weighted by Gasteiger charge is 2.72. The van der Waals surface area contributed by atoms with Crippen molar-refractivity contribution in [3.63, 3.8) is 0 Å². The van der Waals surface area contributed by atoms with Gasteiger partial charge in [-0.2, -0.15) is 23.5 Å². The van der Waals surface area contributed by atoms with Crippen LogP contribution in [0.15, 0.2) is 0 Å². The number of amides is 10. The number of Topliss-reactive ketones (excluding diaryl/α,β-unsaturated/α-hetero) is 6. The quantitative estimate of drug-likeness (QED) is 0.0155. The van der Waals surface area contributed by atoms with Crippen molar-refractivity contribution in [3.8, 4) is 0 Å². The first-order valence-electron chi connectivity index (χ1n) is 40.7. The Morgan fingerprint density at radius 1 is 0.308 bits per heavy atom. The molecule has 69 nitrogen and oxygen atoms in total. The van der Waals surface area contributed by atoms with Crippen LogP contribution >= 0.6 is 70.6 Å². The summed E-state index contributed by atoms with van der Waals surface area (Å²) < 4.78 is 0. The number of carboxylic acids is 2. The number of carboxylic acid groups (broad SMARTS) is 2. The second-order valence-electron chi connectivity index (χ2n) is 32.1. The average Bonchev–Trinajstić information content (AvgIpc) is 0.783. The van der Waals surface area contributed by atoms with E-state index in [0.717, 1.165) is 100.0 Å². The lowest BCUT2D eigenvalue weighted by atomic mass is 9.98. The highest BCUT2D eigenvalue weighted by Crippen LogP contribution is 2.33. The summed E-state index contributed by atoms with van der Waals surface area (Å²) >= 11 is 6.38. The van der Waals surface area contributed by atoms with Crippen molar-refractivity contribution in [3.05, 3.63) is 121 Å². The molecule has 6 saturated heterocycles. The van der Waals surface area contributed by atoms with Gasteiger partial charge in [-0.3, -0.25) is 208 Å². The summed E-state index contributed by atoms with van der Waals surface area (Å²) in [4.78, 5) is 328. The van der Waals surface area contributed by atoms with E-state index in [0.29, 0.717) is 0 Å². The SMILES string of the molecule is CC(=O)C(N)CCC(=O)C[C@@H](CSCC(=O)N1CC([N+](=O)[O-])([N+](=O)[O-])C1)C(=O)NCC(=O)O.CC(=O)N[C@@H](CSCC(=O)N1CC([N+](=O)[O-])([N+](=O)[O-])C1)C(C)=O.CC(=O)N[C@@H](CSCC(=O)N1CC([N+](=O)[O-])([N+](=O)[O-])C1)C(C)=O.CC(=O)[C@@H](N)CSCC(=O)N1CC([N+](=O)[O-])([N+](=O)[O-])C1.CC(=O)[C@@H](N)CSCC(=O)N1CC([N+](=O)[O-])([N+](=O)[O-])C1.C[C@@H](CSCC(=O)N1CC([N+](=O)[O-])([N+](=O)[O-])C1)C(=O)NCC(=O)O. The molecule has 7 atom stereocenters. The number of rotatable bonds is 54. The zero-order valence-electron chi connectivity index (χ0n) is 76.8. The van der Waals surface area contributed by atoms with Gasteiger partial charge in [0.1, 0.15) is 95.3 Å². The molecule has 0 aromatic carbocycles. The van der Waals surface area contributed by atoms with Crippen molar-refractivity contribution in [1.82, 2.24) is 50.7 Å². The molecule has 6 heterocycles. The van der Waals surface area contributed by atoms with Crippen LogP contribution in [0, 0.1) is 133 Å². The van der Waals surface area contributed by atoms with E-state index in [4.69, 9.17) is 27.4 Å². The van der Waals surface area contributed by atoms with E-state index in [9.17, 15) is 208 Å². The molecule has 6 rings (SSSR count). The fourth-order valence-electron chi connectivity index (χ4n) is 11.6. The monoisotopic (exact) mass is 2160 g/mol. The van der Waals surface area contributed by atoms with Crippen molar-refractivity contribution in [2.24, 2.45) is 29.0 Å². The smallest absolute Gasteiger partial charge is 0.480 e. The minimum Gasteiger partial charge on any atom is -0.480 e. The second kappa shape index (κ2) is 57.5. The van der Waals surface area contributed by atoms with Gasteiger partial charge in [-0.25, -0.2) is 0 Å². The number of carbonyl (C=O) groups excluding carboxylic acids is 16. The van der Waals surface area contributed by atoms with E-state index < -0.39 is 286 Å². The summed E-state index contributed by atoms with van der Waals surface area (Å²) in [5.74, 6) is -9.96. The maximum Gasteiger partial charge on any atom is 0.492 e. The first-order chi connectivity index (χ1) is 66.0. The van der Waals surface area contributed by atoms with Gasteiger partial charge in [-0.15, -0.1) is 47.0 Å². The molecule has 143 heavy (non-hydrogen) atoms. The summed E-state index contributed by atoms with van der Waals surface area (Å²) in [5.41, 5.74) is 2.57. The molecule has 0 saturated carbocycles. The Morgan fingerprint density at radius 3 is 0.706 bits per heavy atom. The van der Waals surface area contributed by atoms with Gasteiger partial charge in [0.15, 0.2) is 90.1 Å². The lowest BCUT2D eigenvalue weighted by molar-refractivity contribution is -0.809. The molecule has 6 aliphatic rings. The van der Waals surface area contributed by atoms with Gasteiger partial charge in [0.2, 0.25) is 59.1 Å². The Kier molecular flexibility index (Phi) is 51.3. The molecule has 0 aromatic rings. The Labute approximate surface area is 828 Å². The minimum absolute atomic E-state index is 0.0213. The number of ketones is 6. The van der Waals surface area contributed by atoms with Gasteiger partial charge in [-0.1, -0.05) is 6.92 Å². The predicted molar refractivity (Wildman–Crippen MR) is 489 cm³/mol. The summed E-state index contributed by atoms with van der Waals surface area (Å²) in [5, 5.41) is 155. The van der Waals surface area contributed by atoms with Gasteiger partial charge < -0.3 is 78.1 Å². The van der Waals surface area contributed by atoms with Gasteiger partial charge >= 0.3 is 45.9 Å². The zero-order chi connectivity index (χ0) is 110. The van der Waals surface area contributed by atoms with E-state index in [1.165, 1.54) is 48.5 Å². The van der Waals surface area contributed by atoms with Gasteiger partial charge in [0, 0.05) is 67.1 Å². The molecule has 10 amide bonds. The van der Waals surface area contributed by atoms with E-state index in [1.54, 1.807) is 6.92 Å². The average molecular weight is 2170 g/mol. The maximum absolute atomic E-state index is 12.3. The molecule has 0 bridgehead atoms. The number of hydrogen-bond donors (Lipinski definition) is 9. The number of hydrogen-bond acceptors (Lipinski definition) is 51. The Bertz CT molecular complexity index is 4620. The van der Waals surface area contributed by atoms with E-state index in [-0.39, 0.29) is 135 Å². The molecular formula is C68H101N25O44S6. The van der Waals surface area contributed by atoms with Crippen molar-refractivity contribution in [2.45, 2.75) is 139 Å². The van der Waals surface area contributed by atoms with Crippen LogP contribution in [0.2, 0.25) is 0 Å². The highest BCUT2D eigenvalue weighted by molar-refractivity contribution is 8.01. The molecule has 75 heteroatoms. The van der Waals surface area contributed by atoms with Crippen LogP contribution in [0.25, 0.3) is 0 Å². The van der Waals surface area contributed by atoms with Gasteiger partial charge in [0.25, 0.3) is 0 Å². The minimum atomic E-state index is -2.42. The molecule has 0 spiro atoms. The van der Waals surface area contributed by atoms with Crippen LogP contribution in [0.1, 0.15) is 74.7 Å². The number of likely N-dealkylation sites (tertiary alicyclic amines) is 6. The summed E-state index contributed by atoms with van der Waals surface area (Å²) in [7, 11) is 0. The van der Waals surface area contributed by atoms with Crippen LogP contribution in [0.5, 0.6) is 0 Å². The second-order valence-corrected chi connectivity index (χ2v) is 38.2. The molecule has 798 valence electrons. The molecule has 0 aromatic heterocycles. The number of thioether (sulfide) groups is 6. The molecule has 0 aliphatic carbocycles. The Morgan fingerprint density at radius 2 is 0.510 bits per heavy atom. The largest absolute Gasteiger partial charge is 0.492 e. The van der Waals surface area contributed by atoms with Crippen molar-refractivity contribution in [2.75, 3.05) is 161 Å². The van der Waals surface area contributed by atoms with Crippen LogP contribution in [-0.2, 0) is 86.3 Å².